The minimum atomic E-state index is -0.113. The molecule has 0 bridgehead atoms. The van der Waals surface area contributed by atoms with E-state index in [2.05, 4.69) is 10.6 Å². The van der Waals surface area contributed by atoms with E-state index in [1.54, 1.807) is 27.4 Å². The van der Waals surface area contributed by atoms with Crippen LogP contribution in [0.4, 0.5) is 0 Å². The van der Waals surface area contributed by atoms with E-state index in [1.165, 1.54) is 0 Å². The third-order valence-corrected chi connectivity index (χ3v) is 4.10. The maximum absolute atomic E-state index is 12.0. The topological polar surface area (TPSA) is 85.9 Å². The van der Waals surface area contributed by atoms with Crippen LogP contribution in [0.2, 0.25) is 0 Å². The number of amides is 2. The Kier molecular flexibility index (Phi) is 9.33. The molecule has 1 aromatic rings. The first-order valence-corrected chi connectivity index (χ1v) is 8.80. The van der Waals surface area contributed by atoms with Gasteiger partial charge in [-0.15, -0.1) is 0 Å². The van der Waals surface area contributed by atoms with Gasteiger partial charge in [0.05, 0.1) is 21.3 Å². The molecule has 1 atom stereocenters. The largest absolute Gasteiger partial charge is 0.493 e. The lowest BCUT2D eigenvalue weighted by Gasteiger charge is -2.15. The van der Waals surface area contributed by atoms with E-state index in [4.69, 9.17) is 14.2 Å². The molecule has 2 amide bonds. The summed E-state index contributed by atoms with van der Waals surface area (Å²) in [6.45, 7) is 4.28. The van der Waals surface area contributed by atoms with Crippen molar-refractivity contribution in [3.05, 3.63) is 17.7 Å². The lowest BCUT2D eigenvalue weighted by molar-refractivity contribution is -0.122. The molecule has 2 N–H and O–H groups in total. The Morgan fingerprint density at radius 1 is 1.00 bits per heavy atom. The summed E-state index contributed by atoms with van der Waals surface area (Å²) in [4.78, 5) is 23.7. The van der Waals surface area contributed by atoms with Crippen LogP contribution in [-0.4, -0.2) is 45.7 Å². The normalized spacial score (nSPS) is 11.4. The second-order valence-corrected chi connectivity index (χ2v) is 5.97. The van der Waals surface area contributed by atoms with Crippen molar-refractivity contribution in [2.24, 2.45) is 0 Å². The number of benzene rings is 1. The van der Waals surface area contributed by atoms with Gasteiger partial charge in [0.2, 0.25) is 17.6 Å². The lowest BCUT2D eigenvalue weighted by Crippen LogP contribution is -2.35. The van der Waals surface area contributed by atoms with Gasteiger partial charge in [0.15, 0.2) is 11.5 Å². The molecule has 1 rings (SSSR count). The van der Waals surface area contributed by atoms with Crippen molar-refractivity contribution in [2.75, 3.05) is 27.9 Å². The summed E-state index contributed by atoms with van der Waals surface area (Å²) >= 11 is 0. The summed E-state index contributed by atoms with van der Waals surface area (Å²) < 4.78 is 16.0. The van der Waals surface area contributed by atoms with Crippen LogP contribution < -0.4 is 24.8 Å². The van der Waals surface area contributed by atoms with Gasteiger partial charge in [0.25, 0.3) is 0 Å². The highest BCUT2D eigenvalue weighted by Crippen LogP contribution is 2.40. The number of nitrogens with one attached hydrogen (secondary N) is 2. The molecule has 0 aliphatic carbocycles. The van der Waals surface area contributed by atoms with Crippen LogP contribution >= 0.6 is 0 Å². The van der Waals surface area contributed by atoms with E-state index in [0.717, 1.165) is 12.0 Å². The predicted octanol–water partition coefficient (Wildman–Crippen LogP) is 2.07. The molecule has 0 heterocycles. The van der Waals surface area contributed by atoms with Crippen molar-refractivity contribution < 1.29 is 23.8 Å². The van der Waals surface area contributed by atoms with Crippen molar-refractivity contribution in [2.45, 2.75) is 45.6 Å². The molecule has 0 spiro atoms. The first kappa shape index (κ1) is 21.6. The van der Waals surface area contributed by atoms with Gasteiger partial charge in [0.1, 0.15) is 0 Å². The van der Waals surface area contributed by atoms with Gasteiger partial charge in [-0.1, -0.05) is 13.0 Å². The quantitative estimate of drug-likeness (QED) is 0.626. The van der Waals surface area contributed by atoms with Gasteiger partial charge < -0.3 is 24.8 Å². The van der Waals surface area contributed by atoms with Crippen molar-refractivity contribution in [1.29, 1.82) is 0 Å². The van der Waals surface area contributed by atoms with Crippen LogP contribution in [0.25, 0.3) is 0 Å². The van der Waals surface area contributed by atoms with Crippen LogP contribution in [0.5, 0.6) is 17.2 Å². The highest BCUT2D eigenvalue weighted by atomic mass is 16.5. The fourth-order valence-corrected chi connectivity index (χ4v) is 2.46. The summed E-state index contributed by atoms with van der Waals surface area (Å²) in [5, 5.41) is 5.63. The number of hydrogen-bond acceptors (Lipinski definition) is 5. The van der Waals surface area contributed by atoms with E-state index >= 15 is 0 Å². The average molecular weight is 366 g/mol. The molecule has 0 aromatic heterocycles. The van der Waals surface area contributed by atoms with Crippen LogP contribution in [0.1, 0.15) is 38.7 Å². The molecule has 1 aromatic carbocycles. The first-order chi connectivity index (χ1) is 12.5. The molecule has 0 fully saturated rings. The number of ether oxygens (including phenoxy) is 3. The van der Waals surface area contributed by atoms with Gasteiger partial charge in [-0.3, -0.25) is 9.59 Å². The molecule has 1 unspecified atom stereocenters. The number of methoxy groups -OCH3 is 3. The van der Waals surface area contributed by atoms with Gasteiger partial charge in [-0.25, -0.2) is 0 Å². The molecule has 26 heavy (non-hydrogen) atoms. The standard InChI is InChI=1S/C19H30N2O5/c1-6-13(2)21-17(23)11-12-20-16(22)10-8-14-7-9-15(24-3)19(26-5)18(14)25-4/h7,9,13H,6,8,10-12H2,1-5H3,(H,20,22)(H,21,23). The summed E-state index contributed by atoms with van der Waals surface area (Å²) in [6, 6.07) is 3.79. The van der Waals surface area contributed by atoms with E-state index in [1.807, 2.05) is 19.9 Å². The molecule has 0 saturated heterocycles. The molecule has 0 aliphatic rings. The van der Waals surface area contributed by atoms with Crippen LogP contribution in [-0.2, 0) is 16.0 Å². The SMILES string of the molecule is CCC(C)NC(=O)CCNC(=O)CCc1ccc(OC)c(OC)c1OC. The molecular weight excluding hydrogens is 336 g/mol. The van der Waals surface area contributed by atoms with Crippen molar-refractivity contribution >= 4 is 11.8 Å². The molecule has 0 aliphatic heterocycles. The fraction of sp³-hybridized carbons (Fsp3) is 0.579. The summed E-state index contributed by atoms with van der Waals surface area (Å²) in [6.07, 6.45) is 1.94. The Morgan fingerprint density at radius 3 is 2.27 bits per heavy atom. The Balaban J connectivity index is 2.51. The van der Waals surface area contributed by atoms with Crippen LogP contribution in [0.15, 0.2) is 12.1 Å². The zero-order valence-corrected chi connectivity index (χ0v) is 16.3. The fourth-order valence-electron chi connectivity index (χ4n) is 2.46. The van der Waals surface area contributed by atoms with E-state index in [9.17, 15) is 9.59 Å². The van der Waals surface area contributed by atoms with Crippen molar-refractivity contribution in [1.82, 2.24) is 10.6 Å². The molecular formula is C19H30N2O5. The van der Waals surface area contributed by atoms with Crippen LogP contribution in [0.3, 0.4) is 0 Å². The minimum absolute atomic E-state index is 0.0544. The third kappa shape index (κ3) is 6.46. The summed E-state index contributed by atoms with van der Waals surface area (Å²) in [5.41, 5.74) is 0.856. The van der Waals surface area contributed by atoms with E-state index in [0.29, 0.717) is 36.6 Å². The monoisotopic (exact) mass is 366 g/mol. The maximum Gasteiger partial charge on any atom is 0.221 e. The molecule has 0 saturated carbocycles. The van der Waals surface area contributed by atoms with Crippen molar-refractivity contribution in [3.63, 3.8) is 0 Å². The van der Waals surface area contributed by atoms with Crippen molar-refractivity contribution in [3.8, 4) is 17.2 Å². The molecule has 7 nitrogen and oxygen atoms in total. The molecule has 7 heteroatoms. The number of aryl methyl sites for hydroxylation is 1. The summed E-state index contributed by atoms with van der Waals surface area (Å²) in [5.74, 6) is 1.48. The van der Waals surface area contributed by atoms with E-state index in [-0.39, 0.29) is 24.3 Å². The van der Waals surface area contributed by atoms with Gasteiger partial charge in [-0.2, -0.15) is 0 Å². The van der Waals surface area contributed by atoms with Gasteiger partial charge in [0, 0.05) is 25.4 Å². The molecule has 0 radical (unpaired) electrons. The average Bonchev–Trinajstić information content (AvgIpc) is 2.64. The van der Waals surface area contributed by atoms with E-state index < -0.39 is 0 Å². The smallest absolute Gasteiger partial charge is 0.221 e. The number of hydrogen-bond donors (Lipinski definition) is 2. The number of carbonyl (C=O) groups is 2. The van der Waals surface area contributed by atoms with Crippen LogP contribution in [0, 0.1) is 0 Å². The Hall–Kier alpha value is -2.44. The second kappa shape index (κ2) is 11.2. The zero-order valence-electron chi connectivity index (χ0n) is 16.3. The maximum atomic E-state index is 12.0. The predicted molar refractivity (Wildman–Crippen MR) is 99.9 cm³/mol. The highest BCUT2D eigenvalue weighted by Gasteiger charge is 2.16. The lowest BCUT2D eigenvalue weighted by atomic mass is 10.1. The second-order valence-electron chi connectivity index (χ2n) is 5.97. The number of carbonyl (C=O) groups excluding carboxylic acids is 2. The minimum Gasteiger partial charge on any atom is -0.493 e. The first-order valence-electron chi connectivity index (χ1n) is 8.80. The number of rotatable bonds is 11. The Bertz CT molecular complexity index is 604. The highest BCUT2D eigenvalue weighted by molar-refractivity contribution is 5.79. The van der Waals surface area contributed by atoms with Gasteiger partial charge in [-0.05, 0) is 31.4 Å². The summed E-state index contributed by atoms with van der Waals surface area (Å²) in [7, 11) is 4.65. The molecule has 146 valence electrons. The Morgan fingerprint density at radius 2 is 1.69 bits per heavy atom. The zero-order chi connectivity index (χ0) is 19.5. The van der Waals surface area contributed by atoms with Gasteiger partial charge >= 0.3 is 0 Å². The Labute approximate surface area is 155 Å². The third-order valence-electron chi connectivity index (χ3n) is 4.10.